The van der Waals surface area contributed by atoms with E-state index in [-0.39, 0.29) is 19.1 Å². The first-order valence-electron chi connectivity index (χ1n) is 6.94. The van der Waals surface area contributed by atoms with Crippen molar-refractivity contribution in [2.24, 2.45) is 0 Å². The van der Waals surface area contributed by atoms with Crippen LogP contribution in [0.1, 0.15) is 12.8 Å². The Bertz CT molecular complexity index is 471. The van der Waals surface area contributed by atoms with E-state index >= 15 is 0 Å². The van der Waals surface area contributed by atoms with Crippen LogP contribution in [0.15, 0.2) is 24.3 Å². The van der Waals surface area contributed by atoms with Gasteiger partial charge in [0.25, 0.3) is 5.91 Å². The molecule has 2 rings (SSSR count). The van der Waals surface area contributed by atoms with Crippen LogP contribution in [-0.4, -0.2) is 50.1 Å². The molecule has 1 fully saturated rings. The van der Waals surface area contributed by atoms with Crippen LogP contribution < -0.4 is 14.8 Å². The van der Waals surface area contributed by atoms with Gasteiger partial charge in [0.1, 0.15) is 0 Å². The third-order valence-corrected chi connectivity index (χ3v) is 3.58. The summed E-state index contributed by atoms with van der Waals surface area (Å²) in [6, 6.07) is 7.14. The number of ether oxygens (including phenoxy) is 3. The van der Waals surface area contributed by atoms with Gasteiger partial charge in [-0.25, -0.2) is 0 Å². The van der Waals surface area contributed by atoms with Crippen molar-refractivity contribution >= 4 is 5.91 Å². The smallest absolute Gasteiger partial charge is 0.258 e. The highest BCUT2D eigenvalue weighted by Crippen LogP contribution is 2.25. The third kappa shape index (κ3) is 4.09. The minimum absolute atomic E-state index is 0.100. The Morgan fingerprint density at radius 2 is 2.00 bits per heavy atom. The molecule has 1 aromatic carbocycles. The number of rotatable bonds is 6. The normalized spacial score (nSPS) is 17.0. The minimum atomic E-state index is -0.598. The summed E-state index contributed by atoms with van der Waals surface area (Å²) in [5.74, 6) is 0.824. The molecule has 2 N–H and O–H groups in total. The molecule has 1 heterocycles. The average Bonchev–Trinajstić information content (AvgIpc) is 2.54. The number of carbonyl (C=O) groups is 1. The van der Waals surface area contributed by atoms with Crippen molar-refractivity contribution in [1.82, 2.24) is 5.32 Å². The first-order chi connectivity index (χ1) is 10.2. The van der Waals surface area contributed by atoms with E-state index in [2.05, 4.69) is 5.32 Å². The standard InChI is InChI=1S/C15H21NO5/c1-19-12-4-2-3-5-13(12)21-10-14(18)16-15(11-17)6-8-20-9-7-15/h2-5,17H,6-11H2,1H3,(H,16,18). The Morgan fingerprint density at radius 1 is 1.33 bits per heavy atom. The summed E-state index contributed by atoms with van der Waals surface area (Å²) in [4.78, 5) is 12.0. The molecule has 1 aromatic rings. The van der Waals surface area contributed by atoms with Crippen LogP contribution in [0.3, 0.4) is 0 Å². The monoisotopic (exact) mass is 295 g/mol. The Hall–Kier alpha value is -1.79. The highest BCUT2D eigenvalue weighted by Gasteiger charge is 2.33. The fourth-order valence-corrected chi connectivity index (χ4v) is 2.30. The molecular weight excluding hydrogens is 274 g/mol. The van der Waals surface area contributed by atoms with Gasteiger partial charge < -0.3 is 24.6 Å². The molecule has 6 nitrogen and oxygen atoms in total. The zero-order valence-electron chi connectivity index (χ0n) is 12.1. The molecular formula is C15H21NO5. The van der Waals surface area contributed by atoms with Crippen LogP contribution in [-0.2, 0) is 9.53 Å². The van der Waals surface area contributed by atoms with Gasteiger partial charge in [-0.2, -0.15) is 0 Å². The van der Waals surface area contributed by atoms with Crippen LogP contribution in [0.5, 0.6) is 11.5 Å². The molecule has 6 heteroatoms. The lowest BCUT2D eigenvalue weighted by Crippen LogP contribution is -2.55. The fourth-order valence-electron chi connectivity index (χ4n) is 2.30. The number of para-hydroxylation sites is 2. The highest BCUT2D eigenvalue weighted by molar-refractivity contribution is 5.78. The number of hydrogen-bond acceptors (Lipinski definition) is 5. The van der Waals surface area contributed by atoms with Gasteiger partial charge in [-0.3, -0.25) is 4.79 Å². The van der Waals surface area contributed by atoms with Crippen molar-refractivity contribution < 1.29 is 24.1 Å². The average molecular weight is 295 g/mol. The van der Waals surface area contributed by atoms with E-state index in [1.165, 1.54) is 0 Å². The van der Waals surface area contributed by atoms with Crippen LogP contribution in [0.4, 0.5) is 0 Å². The van der Waals surface area contributed by atoms with Crippen LogP contribution >= 0.6 is 0 Å². The Morgan fingerprint density at radius 3 is 2.62 bits per heavy atom. The molecule has 0 unspecified atom stereocenters. The van der Waals surface area contributed by atoms with Crippen molar-refractivity contribution in [2.45, 2.75) is 18.4 Å². The largest absolute Gasteiger partial charge is 0.493 e. The number of amides is 1. The molecule has 0 aromatic heterocycles. The van der Waals surface area contributed by atoms with Crippen LogP contribution in [0.25, 0.3) is 0 Å². The van der Waals surface area contributed by atoms with E-state index in [9.17, 15) is 9.90 Å². The summed E-state index contributed by atoms with van der Waals surface area (Å²) in [6.45, 7) is 0.849. The molecule has 0 spiro atoms. The zero-order valence-corrected chi connectivity index (χ0v) is 12.1. The lowest BCUT2D eigenvalue weighted by atomic mass is 9.91. The van der Waals surface area contributed by atoms with Crippen molar-refractivity contribution in [3.8, 4) is 11.5 Å². The number of aliphatic hydroxyl groups excluding tert-OH is 1. The summed E-state index contributed by atoms with van der Waals surface area (Å²) in [5.41, 5.74) is -0.598. The SMILES string of the molecule is COc1ccccc1OCC(=O)NC1(CO)CCOCC1. The summed E-state index contributed by atoms with van der Waals surface area (Å²) >= 11 is 0. The predicted molar refractivity (Wildman–Crippen MR) is 76.5 cm³/mol. The van der Waals surface area contributed by atoms with Gasteiger partial charge in [0.15, 0.2) is 18.1 Å². The van der Waals surface area contributed by atoms with Gasteiger partial charge >= 0.3 is 0 Å². The first kappa shape index (κ1) is 15.6. The van der Waals surface area contributed by atoms with E-state index in [0.717, 1.165) is 0 Å². The highest BCUT2D eigenvalue weighted by atomic mass is 16.5. The second-order valence-corrected chi connectivity index (χ2v) is 5.04. The number of nitrogens with one attached hydrogen (secondary N) is 1. The molecule has 21 heavy (non-hydrogen) atoms. The first-order valence-corrected chi connectivity index (χ1v) is 6.94. The quantitative estimate of drug-likeness (QED) is 0.809. The Labute approximate surface area is 124 Å². The molecule has 0 bridgehead atoms. The van der Waals surface area contributed by atoms with E-state index in [0.29, 0.717) is 37.6 Å². The number of hydrogen-bond donors (Lipinski definition) is 2. The van der Waals surface area contributed by atoms with Crippen LogP contribution in [0.2, 0.25) is 0 Å². The molecule has 0 radical (unpaired) electrons. The minimum Gasteiger partial charge on any atom is -0.493 e. The van der Waals surface area contributed by atoms with Crippen molar-refractivity contribution in [1.29, 1.82) is 0 Å². The third-order valence-electron chi connectivity index (χ3n) is 3.58. The topological polar surface area (TPSA) is 77.0 Å². The van der Waals surface area contributed by atoms with Gasteiger partial charge in [-0.1, -0.05) is 12.1 Å². The van der Waals surface area contributed by atoms with Gasteiger partial charge in [0, 0.05) is 13.2 Å². The van der Waals surface area contributed by atoms with Crippen LogP contribution in [0, 0.1) is 0 Å². The maximum absolute atomic E-state index is 12.0. The molecule has 116 valence electrons. The van der Waals surface area contributed by atoms with Gasteiger partial charge in [0.2, 0.25) is 0 Å². The molecule has 1 aliphatic heterocycles. The number of methoxy groups -OCH3 is 1. The number of aliphatic hydroxyl groups is 1. The molecule has 1 amide bonds. The van der Waals surface area contributed by atoms with E-state index in [1.807, 2.05) is 12.1 Å². The second kappa shape index (κ2) is 7.28. The van der Waals surface area contributed by atoms with Gasteiger partial charge in [-0.15, -0.1) is 0 Å². The molecule has 1 aliphatic rings. The maximum Gasteiger partial charge on any atom is 0.258 e. The van der Waals surface area contributed by atoms with Crippen molar-refractivity contribution in [3.05, 3.63) is 24.3 Å². The Kier molecular flexibility index (Phi) is 5.41. The summed E-state index contributed by atoms with van der Waals surface area (Å²) in [7, 11) is 1.55. The molecule has 0 saturated carbocycles. The summed E-state index contributed by atoms with van der Waals surface area (Å²) in [5, 5.41) is 12.4. The van der Waals surface area contributed by atoms with Crippen molar-refractivity contribution in [3.63, 3.8) is 0 Å². The van der Waals surface area contributed by atoms with Gasteiger partial charge in [0.05, 0.1) is 19.3 Å². The fraction of sp³-hybridized carbons (Fsp3) is 0.533. The molecule has 0 aliphatic carbocycles. The van der Waals surface area contributed by atoms with Gasteiger partial charge in [-0.05, 0) is 25.0 Å². The zero-order chi connectivity index (χ0) is 15.1. The summed E-state index contributed by atoms with van der Waals surface area (Å²) in [6.07, 6.45) is 1.20. The second-order valence-electron chi connectivity index (χ2n) is 5.04. The number of benzene rings is 1. The predicted octanol–water partition coefficient (Wildman–Crippen LogP) is 0.732. The van der Waals surface area contributed by atoms with Crippen molar-refractivity contribution in [2.75, 3.05) is 33.5 Å². The number of carbonyl (C=O) groups excluding carboxylic acids is 1. The molecule has 1 saturated heterocycles. The lowest BCUT2D eigenvalue weighted by Gasteiger charge is -2.36. The Balaban J connectivity index is 1.89. The van der Waals surface area contributed by atoms with E-state index in [4.69, 9.17) is 14.2 Å². The summed E-state index contributed by atoms with van der Waals surface area (Å²) < 4.78 is 15.9. The van der Waals surface area contributed by atoms with E-state index < -0.39 is 5.54 Å². The van der Waals surface area contributed by atoms with E-state index in [1.54, 1.807) is 19.2 Å². The molecule has 0 atom stereocenters. The maximum atomic E-state index is 12.0. The lowest BCUT2D eigenvalue weighted by molar-refractivity contribution is -0.127.